The van der Waals surface area contributed by atoms with Crippen LogP contribution in [0.5, 0.6) is 0 Å². The molecule has 160 valence electrons. The van der Waals surface area contributed by atoms with E-state index in [2.05, 4.69) is 10.5 Å². The van der Waals surface area contributed by atoms with Crippen LogP contribution in [0.15, 0.2) is 88.9 Å². The van der Waals surface area contributed by atoms with Gasteiger partial charge in [-0.1, -0.05) is 48.0 Å². The summed E-state index contributed by atoms with van der Waals surface area (Å²) in [5.74, 6) is -1.04. The molecule has 0 unspecified atom stereocenters. The number of carbonyl (C=O) groups excluding carboxylic acids is 1. The van der Waals surface area contributed by atoms with Gasteiger partial charge in [0, 0.05) is 5.02 Å². The Kier molecular flexibility index (Phi) is 7.04. The van der Waals surface area contributed by atoms with Crippen LogP contribution in [0.4, 0.5) is 10.1 Å². The van der Waals surface area contributed by atoms with Crippen molar-refractivity contribution < 1.29 is 17.6 Å². The Morgan fingerprint density at radius 1 is 1.03 bits per heavy atom. The second-order valence-corrected chi connectivity index (χ2v) is 8.84. The molecule has 31 heavy (non-hydrogen) atoms. The molecule has 0 atom stereocenters. The molecule has 9 heteroatoms. The van der Waals surface area contributed by atoms with Gasteiger partial charge in [-0.15, -0.1) is 0 Å². The average Bonchev–Trinajstić information content (AvgIpc) is 2.76. The zero-order chi connectivity index (χ0) is 22.4. The van der Waals surface area contributed by atoms with Gasteiger partial charge in [-0.2, -0.15) is 5.10 Å². The molecule has 3 aromatic carbocycles. The van der Waals surface area contributed by atoms with Crippen molar-refractivity contribution in [2.24, 2.45) is 5.10 Å². The molecular formula is C22H19ClFN3O3S. The molecule has 0 saturated carbocycles. The van der Waals surface area contributed by atoms with Crippen LogP contribution in [0.3, 0.4) is 0 Å². The van der Waals surface area contributed by atoms with Crippen LogP contribution in [0.1, 0.15) is 12.5 Å². The molecule has 0 heterocycles. The lowest BCUT2D eigenvalue weighted by molar-refractivity contribution is -0.119. The van der Waals surface area contributed by atoms with E-state index in [0.717, 1.165) is 4.31 Å². The maximum Gasteiger partial charge on any atom is 0.264 e. The fourth-order valence-electron chi connectivity index (χ4n) is 2.73. The minimum absolute atomic E-state index is 0.0359. The van der Waals surface area contributed by atoms with Crippen LogP contribution in [0, 0.1) is 5.82 Å². The Morgan fingerprint density at radius 3 is 2.35 bits per heavy atom. The number of sulfonamides is 1. The Hall–Kier alpha value is -3.23. The number of anilines is 1. The lowest BCUT2D eigenvalue weighted by atomic mass is 10.1. The number of benzene rings is 3. The van der Waals surface area contributed by atoms with E-state index in [9.17, 15) is 17.6 Å². The maximum absolute atomic E-state index is 13.2. The van der Waals surface area contributed by atoms with E-state index >= 15 is 0 Å². The second kappa shape index (κ2) is 9.72. The quantitative estimate of drug-likeness (QED) is 0.424. The first-order valence-electron chi connectivity index (χ1n) is 9.20. The molecule has 0 aliphatic rings. The summed E-state index contributed by atoms with van der Waals surface area (Å²) < 4.78 is 40.4. The third-order valence-corrected chi connectivity index (χ3v) is 6.35. The van der Waals surface area contributed by atoms with Gasteiger partial charge in [0.25, 0.3) is 15.9 Å². The number of rotatable bonds is 7. The van der Waals surface area contributed by atoms with Crippen molar-refractivity contribution in [3.05, 3.63) is 95.3 Å². The maximum atomic E-state index is 13.2. The summed E-state index contributed by atoms with van der Waals surface area (Å²) in [7, 11) is -4.04. The normalized spacial score (nSPS) is 11.8. The topological polar surface area (TPSA) is 78.8 Å². The van der Waals surface area contributed by atoms with Crippen LogP contribution >= 0.6 is 11.6 Å². The first kappa shape index (κ1) is 22.5. The molecule has 3 aromatic rings. The highest BCUT2D eigenvalue weighted by atomic mass is 35.5. The standard InChI is InChI=1S/C22H19ClFN3O3S/c1-16(17-10-12-19(24)13-11-17)25-26-22(28)15-27(20-7-5-6-18(23)14-20)31(29,30)21-8-3-2-4-9-21/h2-14H,15H2,1H3,(H,26,28)/b25-16+. The lowest BCUT2D eigenvalue weighted by Gasteiger charge is -2.23. The van der Waals surface area contributed by atoms with Crippen LogP contribution in [0.2, 0.25) is 5.02 Å². The molecule has 3 rings (SSSR count). The number of hydrazone groups is 1. The van der Waals surface area contributed by atoms with Gasteiger partial charge in [0.05, 0.1) is 16.3 Å². The number of nitrogens with one attached hydrogen (secondary N) is 1. The Balaban J connectivity index is 1.86. The predicted octanol–water partition coefficient (Wildman–Crippen LogP) is 4.21. The summed E-state index contributed by atoms with van der Waals surface area (Å²) in [5, 5.41) is 4.32. The molecule has 0 bridgehead atoms. The van der Waals surface area contributed by atoms with E-state index < -0.39 is 22.5 Å². The summed E-state index contributed by atoms with van der Waals surface area (Å²) >= 11 is 6.03. The number of amides is 1. The Bertz CT molecular complexity index is 1200. The van der Waals surface area contributed by atoms with E-state index in [0.29, 0.717) is 16.3 Å². The van der Waals surface area contributed by atoms with Crippen molar-refractivity contribution in [1.29, 1.82) is 0 Å². The summed E-state index contributed by atoms with van der Waals surface area (Å²) in [4.78, 5) is 12.6. The van der Waals surface area contributed by atoms with Gasteiger partial charge < -0.3 is 0 Å². The third-order valence-electron chi connectivity index (χ3n) is 4.32. The van der Waals surface area contributed by atoms with Gasteiger partial charge in [-0.25, -0.2) is 18.2 Å². The molecule has 0 aromatic heterocycles. The van der Waals surface area contributed by atoms with Crippen LogP contribution in [-0.2, 0) is 14.8 Å². The summed E-state index contributed by atoms with van der Waals surface area (Å²) in [6.45, 7) is 1.13. The van der Waals surface area contributed by atoms with E-state index in [1.165, 1.54) is 42.5 Å². The number of hydrogen-bond acceptors (Lipinski definition) is 4. The van der Waals surface area contributed by atoms with Gasteiger partial charge in [0.15, 0.2) is 0 Å². The summed E-state index contributed by atoms with van der Waals surface area (Å²) in [6, 6.07) is 19.6. The van der Waals surface area contributed by atoms with Crippen molar-refractivity contribution in [3.63, 3.8) is 0 Å². The first-order chi connectivity index (χ1) is 14.8. The zero-order valence-electron chi connectivity index (χ0n) is 16.5. The lowest BCUT2D eigenvalue weighted by Crippen LogP contribution is -2.39. The fourth-order valence-corrected chi connectivity index (χ4v) is 4.35. The number of nitrogens with zero attached hydrogens (tertiary/aromatic N) is 2. The Morgan fingerprint density at radius 2 is 1.71 bits per heavy atom. The highest BCUT2D eigenvalue weighted by Crippen LogP contribution is 2.25. The van der Waals surface area contributed by atoms with Crippen molar-refractivity contribution in [2.45, 2.75) is 11.8 Å². The van der Waals surface area contributed by atoms with Crippen molar-refractivity contribution in [2.75, 3.05) is 10.8 Å². The highest BCUT2D eigenvalue weighted by Gasteiger charge is 2.27. The summed E-state index contributed by atoms with van der Waals surface area (Å²) in [6.07, 6.45) is 0. The molecule has 0 fully saturated rings. The average molecular weight is 460 g/mol. The number of carbonyl (C=O) groups is 1. The van der Waals surface area contributed by atoms with E-state index in [4.69, 9.17) is 11.6 Å². The van der Waals surface area contributed by atoms with Crippen LogP contribution in [0.25, 0.3) is 0 Å². The highest BCUT2D eigenvalue weighted by molar-refractivity contribution is 7.92. The number of hydrogen-bond donors (Lipinski definition) is 1. The molecule has 0 spiro atoms. The largest absolute Gasteiger partial charge is 0.271 e. The van der Waals surface area contributed by atoms with Crippen molar-refractivity contribution >= 4 is 38.9 Å². The molecular weight excluding hydrogens is 441 g/mol. The first-order valence-corrected chi connectivity index (χ1v) is 11.0. The SMILES string of the molecule is C/C(=N\NC(=O)CN(c1cccc(Cl)c1)S(=O)(=O)c1ccccc1)c1ccc(F)cc1. The third kappa shape index (κ3) is 5.68. The Labute approximate surface area is 185 Å². The molecule has 0 saturated heterocycles. The van der Waals surface area contributed by atoms with E-state index in [1.54, 1.807) is 43.3 Å². The number of halogens is 2. The minimum Gasteiger partial charge on any atom is -0.271 e. The summed E-state index contributed by atoms with van der Waals surface area (Å²) in [5.41, 5.74) is 3.65. The molecule has 1 N–H and O–H groups in total. The van der Waals surface area contributed by atoms with Gasteiger partial charge in [0.1, 0.15) is 12.4 Å². The molecule has 0 aliphatic carbocycles. The smallest absolute Gasteiger partial charge is 0.264 e. The van der Waals surface area contributed by atoms with Gasteiger partial charge >= 0.3 is 0 Å². The minimum atomic E-state index is -4.04. The molecule has 0 radical (unpaired) electrons. The molecule has 0 aliphatic heterocycles. The van der Waals surface area contributed by atoms with E-state index in [-0.39, 0.29) is 16.4 Å². The van der Waals surface area contributed by atoms with Crippen LogP contribution in [-0.4, -0.2) is 26.6 Å². The van der Waals surface area contributed by atoms with E-state index in [1.807, 2.05) is 0 Å². The van der Waals surface area contributed by atoms with Gasteiger partial charge in [-0.3, -0.25) is 9.10 Å². The second-order valence-electron chi connectivity index (χ2n) is 6.54. The molecule has 1 amide bonds. The van der Waals surface area contributed by atoms with Crippen LogP contribution < -0.4 is 9.73 Å². The van der Waals surface area contributed by atoms with Gasteiger partial charge in [-0.05, 0) is 55.0 Å². The molecule has 6 nitrogen and oxygen atoms in total. The zero-order valence-corrected chi connectivity index (χ0v) is 18.1. The van der Waals surface area contributed by atoms with Crippen molar-refractivity contribution in [1.82, 2.24) is 5.43 Å². The van der Waals surface area contributed by atoms with Crippen molar-refractivity contribution in [3.8, 4) is 0 Å². The van der Waals surface area contributed by atoms with Gasteiger partial charge in [0.2, 0.25) is 0 Å². The predicted molar refractivity (Wildman–Crippen MR) is 119 cm³/mol. The fraction of sp³-hybridized carbons (Fsp3) is 0.0909. The monoisotopic (exact) mass is 459 g/mol.